The fourth-order valence-electron chi connectivity index (χ4n) is 4.39. The van der Waals surface area contributed by atoms with Crippen LogP contribution in [0.15, 0.2) is 42.3 Å². The van der Waals surface area contributed by atoms with Crippen molar-refractivity contribution < 1.29 is 24.2 Å². The molecule has 0 saturated carbocycles. The molecule has 0 aliphatic carbocycles. The van der Waals surface area contributed by atoms with Crippen LogP contribution in [0.4, 0.5) is 0 Å². The van der Waals surface area contributed by atoms with Gasteiger partial charge in [0.25, 0.3) is 5.91 Å². The van der Waals surface area contributed by atoms with Gasteiger partial charge < -0.3 is 19.5 Å². The lowest BCUT2D eigenvalue weighted by Crippen LogP contribution is -2.35. The second-order valence-corrected chi connectivity index (χ2v) is 8.21. The number of hydrogen-bond acceptors (Lipinski definition) is 5. The van der Waals surface area contributed by atoms with Crippen LogP contribution in [0.2, 0.25) is 0 Å². The van der Waals surface area contributed by atoms with E-state index in [-0.39, 0.29) is 24.3 Å². The number of carbonyl (C=O) groups excluding carboxylic acids is 2. The van der Waals surface area contributed by atoms with E-state index < -0.39 is 6.29 Å². The second kappa shape index (κ2) is 9.66. The van der Waals surface area contributed by atoms with Gasteiger partial charge in [-0.1, -0.05) is 18.2 Å². The van der Waals surface area contributed by atoms with E-state index >= 15 is 0 Å². The molecule has 2 aromatic rings. The van der Waals surface area contributed by atoms with Gasteiger partial charge in [-0.05, 0) is 43.4 Å². The van der Waals surface area contributed by atoms with Crippen molar-refractivity contribution in [2.45, 2.75) is 51.2 Å². The fraction of sp³-hybridized carbons (Fsp3) is 0.500. The number of para-hydroxylation sites is 1. The van der Waals surface area contributed by atoms with Gasteiger partial charge in [-0.2, -0.15) is 0 Å². The number of benzene rings is 1. The molecule has 166 valence electrons. The number of amides is 1. The number of aliphatic hydroxyl groups is 1. The maximum atomic E-state index is 13.1. The first-order valence-electron chi connectivity index (χ1n) is 11.1. The summed E-state index contributed by atoms with van der Waals surface area (Å²) in [6.45, 7) is 3.62. The Morgan fingerprint density at radius 2 is 1.97 bits per heavy atom. The molecule has 7 heteroatoms. The molecular weight excluding hydrogens is 396 g/mol. The molecule has 1 saturated heterocycles. The molecule has 2 aliphatic rings. The van der Waals surface area contributed by atoms with Crippen LogP contribution in [-0.2, 0) is 14.3 Å². The molecule has 3 heterocycles. The Morgan fingerprint density at radius 1 is 1.19 bits per heavy atom. The first kappa shape index (κ1) is 21.6. The summed E-state index contributed by atoms with van der Waals surface area (Å²) < 4.78 is 13.6. The molecule has 1 amide bonds. The lowest BCUT2D eigenvalue weighted by Gasteiger charge is -2.30. The molecule has 1 N–H and O–H groups in total. The Labute approximate surface area is 182 Å². The van der Waals surface area contributed by atoms with Crippen LogP contribution >= 0.6 is 0 Å². The SMILES string of the molecule is CC(=O)n1cc([C@@H]2C=C(C(=O)N3CCCC3)O[C@H](OCCCCO)C2)c2ccccc21. The Morgan fingerprint density at radius 3 is 2.71 bits per heavy atom. The van der Waals surface area contributed by atoms with Crippen LogP contribution in [0, 0.1) is 0 Å². The van der Waals surface area contributed by atoms with Gasteiger partial charge in [0, 0.05) is 50.5 Å². The Kier molecular flexibility index (Phi) is 6.73. The van der Waals surface area contributed by atoms with Gasteiger partial charge in [0.05, 0.1) is 12.1 Å². The van der Waals surface area contributed by atoms with Crippen LogP contribution in [0.1, 0.15) is 55.3 Å². The summed E-state index contributed by atoms with van der Waals surface area (Å²) in [5.41, 5.74) is 1.85. The molecular formula is C24H30N2O5. The zero-order valence-corrected chi connectivity index (χ0v) is 18.0. The van der Waals surface area contributed by atoms with E-state index in [1.807, 2.05) is 41.4 Å². The zero-order chi connectivity index (χ0) is 21.8. The highest BCUT2D eigenvalue weighted by molar-refractivity contribution is 5.95. The Bertz CT molecular complexity index is 974. The van der Waals surface area contributed by atoms with E-state index in [4.69, 9.17) is 14.6 Å². The van der Waals surface area contributed by atoms with Crippen LogP contribution in [-0.4, -0.2) is 59.0 Å². The topological polar surface area (TPSA) is 81.0 Å². The molecule has 2 atom stereocenters. The normalized spacial score (nSPS) is 21.2. The Balaban J connectivity index is 1.65. The summed E-state index contributed by atoms with van der Waals surface area (Å²) in [5.74, 6) is 0.0683. The number of aliphatic hydroxyl groups excluding tert-OH is 1. The summed E-state index contributed by atoms with van der Waals surface area (Å²) in [4.78, 5) is 27.1. The van der Waals surface area contributed by atoms with Gasteiger partial charge in [-0.15, -0.1) is 0 Å². The van der Waals surface area contributed by atoms with Crippen molar-refractivity contribution in [3.05, 3.63) is 47.9 Å². The maximum Gasteiger partial charge on any atom is 0.288 e. The quantitative estimate of drug-likeness (QED) is 0.686. The first-order valence-corrected chi connectivity index (χ1v) is 11.1. The minimum atomic E-state index is -0.547. The average molecular weight is 427 g/mol. The predicted molar refractivity (Wildman–Crippen MR) is 117 cm³/mol. The molecule has 31 heavy (non-hydrogen) atoms. The molecule has 0 unspecified atom stereocenters. The lowest BCUT2D eigenvalue weighted by molar-refractivity contribution is -0.152. The third kappa shape index (κ3) is 4.67. The molecule has 7 nitrogen and oxygen atoms in total. The molecule has 1 fully saturated rings. The van der Waals surface area contributed by atoms with E-state index in [1.54, 1.807) is 11.5 Å². The number of carbonyl (C=O) groups is 2. The monoisotopic (exact) mass is 426 g/mol. The molecule has 1 aromatic heterocycles. The highest BCUT2D eigenvalue weighted by Crippen LogP contribution is 2.37. The van der Waals surface area contributed by atoms with Crippen LogP contribution < -0.4 is 0 Å². The van der Waals surface area contributed by atoms with Crippen molar-refractivity contribution in [3.63, 3.8) is 0 Å². The summed E-state index contributed by atoms with van der Waals surface area (Å²) in [6.07, 6.45) is 7.18. The molecule has 4 rings (SSSR count). The number of aromatic nitrogens is 1. The summed E-state index contributed by atoms with van der Waals surface area (Å²) in [6, 6.07) is 7.81. The van der Waals surface area contributed by atoms with Crippen molar-refractivity contribution >= 4 is 22.7 Å². The number of hydrogen-bond donors (Lipinski definition) is 1. The van der Waals surface area contributed by atoms with Gasteiger partial charge in [-0.3, -0.25) is 14.2 Å². The van der Waals surface area contributed by atoms with Crippen LogP contribution in [0.3, 0.4) is 0 Å². The van der Waals surface area contributed by atoms with Crippen LogP contribution in [0.5, 0.6) is 0 Å². The molecule has 2 aliphatic heterocycles. The molecule has 1 aromatic carbocycles. The highest BCUT2D eigenvalue weighted by Gasteiger charge is 2.33. The summed E-state index contributed by atoms with van der Waals surface area (Å²) >= 11 is 0. The number of ether oxygens (including phenoxy) is 2. The molecule has 0 spiro atoms. The summed E-state index contributed by atoms with van der Waals surface area (Å²) in [5, 5.41) is 10.00. The van der Waals surface area contributed by atoms with Gasteiger partial charge >= 0.3 is 0 Å². The van der Waals surface area contributed by atoms with Crippen molar-refractivity contribution in [1.29, 1.82) is 0 Å². The van der Waals surface area contributed by atoms with Crippen LogP contribution in [0.25, 0.3) is 10.9 Å². The van der Waals surface area contributed by atoms with Crippen molar-refractivity contribution in [3.8, 4) is 0 Å². The van der Waals surface area contributed by atoms with Gasteiger partial charge in [0.2, 0.25) is 12.2 Å². The number of nitrogens with zero attached hydrogens (tertiary/aromatic N) is 2. The smallest absolute Gasteiger partial charge is 0.288 e. The van der Waals surface area contributed by atoms with Crippen molar-refractivity contribution in [1.82, 2.24) is 9.47 Å². The van der Waals surface area contributed by atoms with Crippen molar-refractivity contribution in [2.24, 2.45) is 0 Å². The fourth-order valence-corrected chi connectivity index (χ4v) is 4.39. The van der Waals surface area contributed by atoms with Gasteiger partial charge in [0.1, 0.15) is 0 Å². The highest BCUT2D eigenvalue weighted by atomic mass is 16.7. The van der Waals surface area contributed by atoms with E-state index in [1.165, 1.54) is 0 Å². The zero-order valence-electron chi connectivity index (χ0n) is 18.0. The van der Waals surface area contributed by atoms with E-state index in [0.29, 0.717) is 25.2 Å². The minimum Gasteiger partial charge on any atom is -0.459 e. The third-order valence-corrected chi connectivity index (χ3v) is 6.00. The van der Waals surface area contributed by atoms with Gasteiger partial charge in [-0.25, -0.2) is 0 Å². The standard InChI is InChI=1S/C24H30N2O5/c1-17(28)26-16-20(19-8-2-3-9-21(19)26)18-14-22(24(29)25-10-4-5-11-25)31-23(15-18)30-13-7-6-12-27/h2-3,8-9,14,16,18,23,27H,4-7,10-13,15H2,1H3/t18-,23+/m1/s1. The van der Waals surface area contributed by atoms with Gasteiger partial charge in [0.15, 0.2) is 5.76 Å². The number of rotatable bonds is 7. The molecule has 0 radical (unpaired) electrons. The first-order chi connectivity index (χ1) is 15.1. The predicted octanol–water partition coefficient (Wildman–Crippen LogP) is 3.43. The number of unbranched alkanes of at least 4 members (excludes halogenated alkanes) is 1. The molecule has 0 bridgehead atoms. The summed E-state index contributed by atoms with van der Waals surface area (Å²) in [7, 11) is 0. The number of fused-ring (bicyclic) bond motifs is 1. The average Bonchev–Trinajstić information content (AvgIpc) is 3.44. The van der Waals surface area contributed by atoms with E-state index in [2.05, 4.69) is 0 Å². The minimum absolute atomic E-state index is 0.0522. The van der Waals surface area contributed by atoms with Crippen molar-refractivity contribution in [2.75, 3.05) is 26.3 Å². The Hall–Kier alpha value is -2.64. The lowest BCUT2D eigenvalue weighted by atomic mass is 9.92. The third-order valence-electron chi connectivity index (χ3n) is 6.00. The number of allylic oxidation sites excluding steroid dienone is 1. The second-order valence-electron chi connectivity index (χ2n) is 8.21. The van der Waals surface area contributed by atoms with E-state index in [9.17, 15) is 9.59 Å². The largest absolute Gasteiger partial charge is 0.459 e. The number of likely N-dealkylation sites (tertiary alicyclic amines) is 1. The van der Waals surface area contributed by atoms with E-state index in [0.717, 1.165) is 48.8 Å². The maximum absolute atomic E-state index is 13.1.